The Balaban J connectivity index is 2.19. The van der Waals surface area contributed by atoms with Gasteiger partial charge < -0.3 is 20.1 Å². The lowest BCUT2D eigenvalue weighted by molar-refractivity contribution is -0.137. The van der Waals surface area contributed by atoms with Gasteiger partial charge in [-0.3, -0.25) is 4.79 Å². The van der Waals surface area contributed by atoms with Crippen molar-refractivity contribution in [2.75, 3.05) is 32.8 Å². The van der Waals surface area contributed by atoms with Crippen LogP contribution in [0.3, 0.4) is 0 Å². The van der Waals surface area contributed by atoms with Gasteiger partial charge in [-0.1, -0.05) is 0 Å². The van der Waals surface area contributed by atoms with Crippen molar-refractivity contribution in [2.45, 2.75) is 19.8 Å². The number of likely N-dealkylation sites (N-methyl/N-ethyl adjacent to an activating group) is 1. The Morgan fingerprint density at radius 2 is 2.29 bits per heavy atom. The van der Waals surface area contributed by atoms with Crippen molar-refractivity contribution in [3.63, 3.8) is 0 Å². The van der Waals surface area contributed by atoms with E-state index in [1.165, 1.54) is 4.90 Å². The molecule has 1 rings (SSSR count). The fourth-order valence-electron chi connectivity index (χ4n) is 1.80. The van der Waals surface area contributed by atoms with Crippen LogP contribution in [0, 0.1) is 5.92 Å². The zero-order valence-electron chi connectivity index (χ0n) is 10.1. The molecule has 98 valence electrons. The van der Waals surface area contributed by atoms with Gasteiger partial charge in [0.1, 0.15) is 6.54 Å². The van der Waals surface area contributed by atoms with Crippen molar-refractivity contribution in [1.82, 2.24) is 10.2 Å². The Kier molecular flexibility index (Phi) is 5.76. The second-order valence-electron chi connectivity index (χ2n) is 4.16. The fraction of sp³-hybridized carbons (Fsp3) is 0.818. The molecule has 2 N–H and O–H groups in total. The fourth-order valence-corrected chi connectivity index (χ4v) is 1.80. The molecule has 1 fully saturated rings. The topological polar surface area (TPSA) is 78.9 Å². The molecule has 17 heavy (non-hydrogen) atoms. The third-order valence-corrected chi connectivity index (χ3v) is 2.85. The Labute approximate surface area is 101 Å². The summed E-state index contributed by atoms with van der Waals surface area (Å²) < 4.78 is 5.24. The molecule has 2 amide bonds. The first-order valence-electron chi connectivity index (χ1n) is 5.95. The van der Waals surface area contributed by atoms with Gasteiger partial charge in [0.2, 0.25) is 0 Å². The smallest absolute Gasteiger partial charge is 0.323 e. The molecule has 1 aliphatic rings. The molecule has 0 aromatic heterocycles. The molecule has 0 bridgehead atoms. The minimum Gasteiger partial charge on any atom is -0.480 e. The number of urea groups is 1. The summed E-state index contributed by atoms with van der Waals surface area (Å²) in [6.45, 7) is 4.04. The van der Waals surface area contributed by atoms with Crippen LogP contribution in [0.5, 0.6) is 0 Å². The van der Waals surface area contributed by atoms with Crippen LogP contribution >= 0.6 is 0 Å². The molecule has 0 radical (unpaired) electrons. The van der Waals surface area contributed by atoms with E-state index >= 15 is 0 Å². The third-order valence-electron chi connectivity index (χ3n) is 2.85. The maximum atomic E-state index is 11.6. The van der Waals surface area contributed by atoms with Crippen molar-refractivity contribution in [3.8, 4) is 0 Å². The quantitative estimate of drug-likeness (QED) is 0.714. The summed E-state index contributed by atoms with van der Waals surface area (Å²) in [6.07, 6.45) is 1.93. The van der Waals surface area contributed by atoms with Crippen LogP contribution < -0.4 is 5.32 Å². The number of hydrogen-bond acceptors (Lipinski definition) is 3. The van der Waals surface area contributed by atoms with Gasteiger partial charge in [-0.15, -0.1) is 0 Å². The Bertz CT molecular complexity index is 264. The highest BCUT2D eigenvalue weighted by Gasteiger charge is 2.17. The van der Waals surface area contributed by atoms with Crippen LogP contribution in [-0.2, 0) is 9.53 Å². The van der Waals surface area contributed by atoms with Crippen LogP contribution in [0.15, 0.2) is 0 Å². The SMILES string of the molecule is CCN(CC(=O)O)C(=O)NCCC1CCOC1. The molecule has 6 heteroatoms. The van der Waals surface area contributed by atoms with Gasteiger partial charge >= 0.3 is 12.0 Å². The first-order valence-corrected chi connectivity index (χ1v) is 5.95. The number of rotatable bonds is 6. The maximum Gasteiger partial charge on any atom is 0.323 e. The number of nitrogens with zero attached hydrogens (tertiary/aromatic N) is 1. The lowest BCUT2D eigenvalue weighted by Crippen LogP contribution is -2.43. The highest BCUT2D eigenvalue weighted by molar-refractivity contribution is 5.79. The minimum absolute atomic E-state index is 0.255. The molecule has 1 heterocycles. The molecule has 1 atom stereocenters. The zero-order chi connectivity index (χ0) is 12.7. The second kappa shape index (κ2) is 7.11. The highest BCUT2D eigenvalue weighted by atomic mass is 16.5. The van der Waals surface area contributed by atoms with E-state index in [4.69, 9.17) is 9.84 Å². The standard InChI is InChI=1S/C11H20N2O4/c1-2-13(7-10(14)15)11(16)12-5-3-9-4-6-17-8-9/h9H,2-8H2,1H3,(H,12,16)(H,14,15). The number of carboxylic acids is 1. The van der Waals surface area contributed by atoms with Crippen LogP contribution in [0.1, 0.15) is 19.8 Å². The van der Waals surface area contributed by atoms with E-state index in [0.717, 1.165) is 26.1 Å². The van der Waals surface area contributed by atoms with E-state index in [0.29, 0.717) is 19.0 Å². The van der Waals surface area contributed by atoms with Crippen molar-refractivity contribution in [3.05, 3.63) is 0 Å². The summed E-state index contributed by atoms with van der Waals surface area (Å²) in [7, 11) is 0. The number of ether oxygens (including phenoxy) is 1. The lowest BCUT2D eigenvalue weighted by Gasteiger charge is -2.19. The molecule has 6 nitrogen and oxygen atoms in total. The number of amides is 2. The van der Waals surface area contributed by atoms with Gasteiger partial charge in [0.05, 0.1) is 0 Å². The van der Waals surface area contributed by atoms with E-state index in [1.807, 2.05) is 0 Å². The zero-order valence-corrected chi connectivity index (χ0v) is 10.1. The van der Waals surface area contributed by atoms with Crippen LogP contribution in [0.4, 0.5) is 4.79 Å². The number of carbonyl (C=O) groups is 2. The molecule has 0 aromatic carbocycles. The van der Waals surface area contributed by atoms with Crippen molar-refractivity contribution >= 4 is 12.0 Å². The predicted molar refractivity (Wildman–Crippen MR) is 61.8 cm³/mol. The van der Waals surface area contributed by atoms with E-state index in [-0.39, 0.29) is 12.6 Å². The average Bonchev–Trinajstić information content (AvgIpc) is 2.78. The largest absolute Gasteiger partial charge is 0.480 e. The van der Waals surface area contributed by atoms with E-state index in [1.54, 1.807) is 6.92 Å². The Morgan fingerprint density at radius 3 is 2.82 bits per heavy atom. The average molecular weight is 244 g/mol. The van der Waals surface area contributed by atoms with Gasteiger partial charge in [0.15, 0.2) is 0 Å². The minimum atomic E-state index is -0.994. The van der Waals surface area contributed by atoms with Crippen molar-refractivity contribution in [1.29, 1.82) is 0 Å². The third kappa shape index (κ3) is 5.04. The van der Waals surface area contributed by atoms with Gasteiger partial charge in [-0.05, 0) is 25.7 Å². The number of hydrogen-bond donors (Lipinski definition) is 2. The van der Waals surface area contributed by atoms with Crippen LogP contribution in [-0.4, -0.2) is 54.9 Å². The predicted octanol–water partition coefficient (Wildman–Crippen LogP) is 0.529. The highest BCUT2D eigenvalue weighted by Crippen LogP contribution is 2.15. The van der Waals surface area contributed by atoms with Crippen LogP contribution in [0.2, 0.25) is 0 Å². The van der Waals surface area contributed by atoms with Crippen LogP contribution in [0.25, 0.3) is 0 Å². The van der Waals surface area contributed by atoms with E-state index < -0.39 is 5.97 Å². The number of carbonyl (C=O) groups excluding carboxylic acids is 1. The monoisotopic (exact) mass is 244 g/mol. The van der Waals surface area contributed by atoms with E-state index in [2.05, 4.69) is 5.32 Å². The molecule has 0 aromatic rings. The first kappa shape index (κ1) is 13.8. The summed E-state index contributed by atoms with van der Waals surface area (Å²) in [5.74, 6) is -0.476. The van der Waals surface area contributed by atoms with E-state index in [9.17, 15) is 9.59 Å². The molecule has 0 spiro atoms. The van der Waals surface area contributed by atoms with Gasteiger partial charge in [0, 0.05) is 26.3 Å². The lowest BCUT2D eigenvalue weighted by atomic mass is 10.1. The molecule has 0 saturated carbocycles. The maximum absolute atomic E-state index is 11.6. The summed E-state index contributed by atoms with van der Waals surface area (Å²) in [5.41, 5.74) is 0. The summed E-state index contributed by atoms with van der Waals surface area (Å²) in [5, 5.41) is 11.4. The summed E-state index contributed by atoms with van der Waals surface area (Å²) in [4.78, 5) is 23.4. The Hall–Kier alpha value is -1.30. The van der Waals surface area contributed by atoms with Gasteiger partial charge in [0.25, 0.3) is 0 Å². The normalized spacial score (nSPS) is 19.0. The molecule has 0 aliphatic carbocycles. The van der Waals surface area contributed by atoms with Crippen molar-refractivity contribution < 1.29 is 19.4 Å². The number of nitrogens with one attached hydrogen (secondary N) is 1. The number of carboxylic acid groups (broad SMARTS) is 1. The Morgan fingerprint density at radius 1 is 1.53 bits per heavy atom. The molecule has 1 unspecified atom stereocenters. The first-order chi connectivity index (χ1) is 8.13. The van der Waals surface area contributed by atoms with Gasteiger partial charge in [-0.25, -0.2) is 4.79 Å². The van der Waals surface area contributed by atoms with Crippen molar-refractivity contribution in [2.24, 2.45) is 5.92 Å². The second-order valence-corrected chi connectivity index (χ2v) is 4.16. The molecule has 1 saturated heterocycles. The van der Waals surface area contributed by atoms with Gasteiger partial charge in [-0.2, -0.15) is 0 Å². The summed E-state index contributed by atoms with van der Waals surface area (Å²) >= 11 is 0. The molecule has 1 aliphatic heterocycles. The number of aliphatic carboxylic acids is 1. The molecular weight excluding hydrogens is 224 g/mol. The molecular formula is C11H20N2O4. The summed E-state index contributed by atoms with van der Waals surface area (Å²) in [6, 6.07) is -0.311.